The summed E-state index contributed by atoms with van der Waals surface area (Å²) in [5.74, 6) is -0.142. The molecule has 2 atom stereocenters. The second-order valence-electron chi connectivity index (χ2n) is 6.56. The number of piperidine rings is 1. The number of ether oxygens (including phenoxy) is 1. The molecule has 2 fully saturated rings. The monoisotopic (exact) mass is 346 g/mol. The van der Waals surface area contributed by atoms with Crippen LogP contribution in [0, 0.1) is 5.82 Å². The summed E-state index contributed by atoms with van der Waals surface area (Å²) in [6, 6.07) is 1.71. The molecule has 0 aliphatic carbocycles. The topological polar surface area (TPSA) is 96.0 Å². The van der Waals surface area contributed by atoms with Gasteiger partial charge in [-0.2, -0.15) is 5.10 Å². The first kappa shape index (κ1) is 15.9. The van der Waals surface area contributed by atoms with Crippen molar-refractivity contribution in [2.75, 3.05) is 25.0 Å². The minimum absolute atomic E-state index is 0.0349. The molecule has 4 rings (SSSR count). The van der Waals surface area contributed by atoms with Crippen LogP contribution in [0.5, 0.6) is 0 Å². The van der Waals surface area contributed by atoms with E-state index < -0.39 is 5.82 Å². The van der Waals surface area contributed by atoms with Gasteiger partial charge in [0.05, 0.1) is 37.2 Å². The van der Waals surface area contributed by atoms with E-state index in [-0.39, 0.29) is 17.6 Å². The first-order chi connectivity index (χ1) is 12.1. The molecule has 0 aromatic carbocycles. The summed E-state index contributed by atoms with van der Waals surface area (Å²) in [7, 11) is 0. The zero-order chi connectivity index (χ0) is 17.3. The Labute approximate surface area is 143 Å². The predicted octanol–water partition coefficient (Wildman–Crippen LogP) is 1.21. The van der Waals surface area contributed by atoms with E-state index in [1.165, 1.54) is 0 Å². The summed E-state index contributed by atoms with van der Waals surface area (Å²) in [6.07, 6.45) is 6.38. The first-order valence-electron chi connectivity index (χ1n) is 8.30. The summed E-state index contributed by atoms with van der Waals surface area (Å²) >= 11 is 0. The number of amides is 1. The van der Waals surface area contributed by atoms with Gasteiger partial charge in [0.25, 0.3) is 5.91 Å². The molecule has 0 saturated carbocycles. The lowest BCUT2D eigenvalue weighted by atomic mass is 9.88. The molecule has 25 heavy (non-hydrogen) atoms. The van der Waals surface area contributed by atoms with E-state index in [0.717, 1.165) is 31.7 Å². The van der Waals surface area contributed by atoms with Crippen molar-refractivity contribution < 1.29 is 13.9 Å². The smallest absolute Gasteiger partial charge is 0.271 e. The van der Waals surface area contributed by atoms with Crippen LogP contribution in [0.3, 0.4) is 0 Å². The van der Waals surface area contributed by atoms with Gasteiger partial charge in [-0.25, -0.2) is 14.4 Å². The molecule has 2 aliphatic rings. The Morgan fingerprint density at radius 3 is 3.04 bits per heavy atom. The highest BCUT2D eigenvalue weighted by Crippen LogP contribution is 2.35. The van der Waals surface area contributed by atoms with Gasteiger partial charge in [-0.3, -0.25) is 9.89 Å². The summed E-state index contributed by atoms with van der Waals surface area (Å²) < 4.78 is 19.0. The van der Waals surface area contributed by atoms with E-state index in [4.69, 9.17) is 4.74 Å². The zero-order valence-electron chi connectivity index (χ0n) is 13.6. The van der Waals surface area contributed by atoms with Crippen LogP contribution in [0.2, 0.25) is 0 Å². The van der Waals surface area contributed by atoms with Crippen molar-refractivity contribution in [2.45, 2.75) is 30.9 Å². The lowest BCUT2D eigenvalue weighted by Gasteiger charge is -2.39. The van der Waals surface area contributed by atoms with E-state index in [9.17, 15) is 9.18 Å². The summed E-state index contributed by atoms with van der Waals surface area (Å²) in [5, 5.41) is 9.73. The Kier molecular flexibility index (Phi) is 4.08. The fraction of sp³-hybridized carbons (Fsp3) is 0.500. The van der Waals surface area contributed by atoms with E-state index in [1.54, 1.807) is 12.3 Å². The van der Waals surface area contributed by atoms with Crippen molar-refractivity contribution >= 4 is 11.9 Å². The van der Waals surface area contributed by atoms with Gasteiger partial charge in [-0.1, -0.05) is 0 Å². The van der Waals surface area contributed by atoms with Crippen LogP contribution in [-0.4, -0.2) is 62.3 Å². The van der Waals surface area contributed by atoms with Gasteiger partial charge in [0, 0.05) is 19.2 Å². The van der Waals surface area contributed by atoms with Crippen LogP contribution in [0.25, 0.3) is 0 Å². The average Bonchev–Trinajstić information content (AvgIpc) is 3.27. The Bertz CT molecular complexity index is 738. The fourth-order valence-electron chi connectivity index (χ4n) is 3.61. The van der Waals surface area contributed by atoms with Crippen molar-refractivity contribution in [2.24, 2.45) is 0 Å². The number of aromatic nitrogens is 4. The molecule has 4 heterocycles. The van der Waals surface area contributed by atoms with Crippen molar-refractivity contribution in [3.8, 4) is 0 Å². The molecular formula is C16H19FN6O2. The standard InChI is InChI=1S/C16H19FN6O2/c17-11-7-18-15(19-8-11)21-12-6-16(25-9-12)3-1-5-23(10-16)14(24)13-2-4-20-22-13/h2,4,7-8,12H,1,3,5-6,9-10H2,(H,20,22)(H,18,19,21). The van der Waals surface area contributed by atoms with E-state index in [2.05, 4.69) is 25.5 Å². The molecule has 1 spiro atoms. The van der Waals surface area contributed by atoms with E-state index in [1.807, 2.05) is 4.90 Å². The minimum atomic E-state index is -0.468. The fourth-order valence-corrected chi connectivity index (χ4v) is 3.61. The maximum absolute atomic E-state index is 12.9. The van der Waals surface area contributed by atoms with Gasteiger partial charge >= 0.3 is 0 Å². The molecule has 1 amide bonds. The van der Waals surface area contributed by atoms with Gasteiger partial charge in [0.15, 0.2) is 5.82 Å². The number of hydrogen-bond acceptors (Lipinski definition) is 6. The number of nitrogens with one attached hydrogen (secondary N) is 2. The van der Waals surface area contributed by atoms with E-state index in [0.29, 0.717) is 31.3 Å². The summed E-state index contributed by atoms with van der Waals surface area (Å²) in [6.45, 7) is 1.77. The predicted molar refractivity (Wildman–Crippen MR) is 86.4 cm³/mol. The zero-order valence-corrected chi connectivity index (χ0v) is 13.6. The second kappa shape index (κ2) is 6.40. The number of carbonyl (C=O) groups is 1. The van der Waals surface area contributed by atoms with Crippen LogP contribution in [0.1, 0.15) is 29.8 Å². The molecule has 0 radical (unpaired) electrons. The maximum atomic E-state index is 12.9. The Hall–Kier alpha value is -2.55. The maximum Gasteiger partial charge on any atom is 0.271 e. The Balaban J connectivity index is 1.40. The number of rotatable bonds is 3. The SMILES string of the molecule is O=C(c1ccn[nH]1)N1CCCC2(CC(Nc3ncc(F)cn3)CO2)C1. The molecule has 2 N–H and O–H groups in total. The number of nitrogens with zero attached hydrogens (tertiary/aromatic N) is 4. The third-order valence-corrected chi connectivity index (χ3v) is 4.72. The molecule has 132 valence electrons. The minimum Gasteiger partial charge on any atom is -0.371 e. The number of halogens is 1. The van der Waals surface area contributed by atoms with Crippen LogP contribution in [-0.2, 0) is 4.74 Å². The van der Waals surface area contributed by atoms with Gasteiger partial charge in [-0.15, -0.1) is 0 Å². The number of anilines is 1. The number of H-pyrrole nitrogens is 1. The molecule has 2 aromatic heterocycles. The van der Waals surface area contributed by atoms with Crippen molar-refractivity contribution in [3.63, 3.8) is 0 Å². The Morgan fingerprint density at radius 1 is 1.44 bits per heavy atom. The van der Waals surface area contributed by atoms with Crippen molar-refractivity contribution in [1.82, 2.24) is 25.1 Å². The largest absolute Gasteiger partial charge is 0.371 e. The molecule has 2 aromatic rings. The van der Waals surface area contributed by atoms with E-state index >= 15 is 0 Å². The summed E-state index contributed by atoms with van der Waals surface area (Å²) in [5.41, 5.74) is 0.135. The van der Waals surface area contributed by atoms with Crippen LogP contribution in [0.15, 0.2) is 24.7 Å². The molecule has 2 unspecified atom stereocenters. The van der Waals surface area contributed by atoms with Gasteiger partial charge < -0.3 is 15.0 Å². The van der Waals surface area contributed by atoms with Crippen molar-refractivity contribution in [3.05, 3.63) is 36.2 Å². The number of carbonyl (C=O) groups excluding carboxylic acids is 1. The lowest BCUT2D eigenvalue weighted by Crippen LogP contribution is -2.50. The quantitative estimate of drug-likeness (QED) is 0.867. The molecule has 8 nitrogen and oxygen atoms in total. The Morgan fingerprint density at radius 2 is 2.28 bits per heavy atom. The van der Waals surface area contributed by atoms with Gasteiger partial charge in [0.1, 0.15) is 5.69 Å². The van der Waals surface area contributed by atoms with Crippen molar-refractivity contribution in [1.29, 1.82) is 0 Å². The van der Waals surface area contributed by atoms with Gasteiger partial charge in [0.2, 0.25) is 5.95 Å². The highest BCUT2D eigenvalue weighted by Gasteiger charge is 2.44. The second-order valence-corrected chi connectivity index (χ2v) is 6.56. The first-order valence-corrected chi connectivity index (χ1v) is 8.30. The normalized spacial score (nSPS) is 26.1. The van der Waals surface area contributed by atoms with Crippen LogP contribution in [0.4, 0.5) is 10.3 Å². The number of hydrogen-bond donors (Lipinski definition) is 2. The third-order valence-electron chi connectivity index (χ3n) is 4.72. The molecule has 9 heteroatoms. The highest BCUT2D eigenvalue weighted by atomic mass is 19.1. The highest BCUT2D eigenvalue weighted by molar-refractivity contribution is 5.92. The van der Waals surface area contributed by atoms with Crippen LogP contribution >= 0.6 is 0 Å². The summed E-state index contributed by atoms with van der Waals surface area (Å²) in [4.78, 5) is 22.2. The molecule has 2 aliphatic heterocycles. The molecule has 2 saturated heterocycles. The number of likely N-dealkylation sites (tertiary alicyclic amines) is 1. The lowest BCUT2D eigenvalue weighted by molar-refractivity contribution is -0.0448. The molecular weight excluding hydrogens is 327 g/mol. The third kappa shape index (κ3) is 3.32. The number of aromatic amines is 1. The van der Waals surface area contributed by atoms with Gasteiger partial charge in [-0.05, 0) is 18.9 Å². The molecule has 0 bridgehead atoms. The average molecular weight is 346 g/mol. The van der Waals surface area contributed by atoms with Crippen LogP contribution < -0.4 is 5.32 Å².